The van der Waals surface area contributed by atoms with Gasteiger partial charge in [0.2, 0.25) is 24.8 Å². The predicted octanol–water partition coefficient (Wildman–Crippen LogP) is -4.80. The Hall–Kier alpha value is -0.740. The lowest BCUT2D eigenvalue weighted by molar-refractivity contribution is -1.30. The fourth-order valence-electron chi connectivity index (χ4n) is 1.29. The van der Waals surface area contributed by atoms with Crippen LogP contribution in [0.2, 0.25) is 0 Å². The van der Waals surface area contributed by atoms with Crippen molar-refractivity contribution in [1.29, 1.82) is 0 Å². The fraction of sp³-hybridized carbons (Fsp3) is 0.167. The summed E-state index contributed by atoms with van der Waals surface area (Å²) in [4.78, 5) is 0. The lowest BCUT2D eigenvalue weighted by Gasteiger charge is -1.90. The highest BCUT2D eigenvalue weighted by atomic mass is 79.9. The molecule has 0 aliphatic carbocycles. The van der Waals surface area contributed by atoms with Gasteiger partial charge in [-0.15, -0.1) is 0 Å². The van der Waals surface area contributed by atoms with Gasteiger partial charge in [-0.2, -0.15) is 0 Å². The van der Waals surface area contributed by atoms with Gasteiger partial charge in [0.25, 0.3) is 0 Å². The predicted molar refractivity (Wildman–Crippen MR) is 53.5 cm³/mol. The molecule has 2 heterocycles. The van der Waals surface area contributed by atoms with Crippen molar-refractivity contribution in [3.8, 4) is 0 Å². The molecule has 0 atom stereocenters. The molecule has 0 N–H and O–H groups in total. The Bertz CT molecular complexity index is 380. The number of hydrogen-bond donors (Lipinski definition) is 0. The molecule has 0 saturated carbocycles. The van der Waals surface area contributed by atoms with Crippen molar-refractivity contribution in [2.45, 2.75) is 13.8 Å². The molecule has 0 aliphatic heterocycles. The summed E-state index contributed by atoms with van der Waals surface area (Å²) in [6.07, 6.45) is 8.19. The first kappa shape index (κ1) is 15.3. The van der Waals surface area contributed by atoms with Gasteiger partial charge in [0.1, 0.15) is 0 Å². The molecule has 0 aliphatic rings. The molecule has 0 fully saturated rings. The molecule has 0 spiro atoms. The molecule has 2 aromatic rings. The largest absolute Gasteiger partial charge is 1.00 e. The molecule has 2 aromatic heterocycles. The maximum Gasteiger partial charge on any atom is 0.242 e. The van der Waals surface area contributed by atoms with Crippen molar-refractivity contribution < 1.29 is 43.3 Å². The van der Waals surface area contributed by atoms with Crippen molar-refractivity contribution in [3.05, 3.63) is 60.2 Å². The Kier molecular flexibility index (Phi) is 6.45. The lowest BCUT2D eigenvalue weighted by Crippen LogP contribution is -3.00. The van der Waals surface area contributed by atoms with E-state index in [0.29, 0.717) is 0 Å². The van der Waals surface area contributed by atoms with Gasteiger partial charge in [-0.3, -0.25) is 0 Å². The minimum Gasteiger partial charge on any atom is -1.00 e. The molecule has 0 bridgehead atoms. The van der Waals surface area contributed by atoms with E-state index < -0.39 is 0 Å². The Morgan fingerprint density at radius 2 is 0.875 bits per heavy atom. The van der Waals surface area contributed by atoms with Crippen molar-refractivity contribution in [2.75, 3.05) is 0 Å². The zero-order chi connectivity index (χ0) is 9.97. The highest BCUT2D eigenvalue weighted by molar-refractivity contribution is 5.04. The zero-order valence-electron chi connectivity index (χ0n) is 9.27. The van der Waals surface area contributed by atoms with E-state index in [1.165, 1.54) is 11.1 Å². The summed E-state index contributed by atoms with van der Waals surface area (Å²) in [5.41, 5.74) is 2.54. The van der Waals surface area contributed by atoms with Gasteiger partial charge in [-0.25, -0.2) is 0 Å². The zero-order valence-corrected chi connectivity index (χ0v) is 12.4. The van der Waals surface area contributed by atoms with Crippen molar-refractivity contribution in [3.63, 3.8) is 0 Å². The third-order valence-corrected chi connectivity index (χ3v) is 2.23. The maximum absolute atomic E-state index is 2.09. The van der Waals surface area contributed by atoms with Gasteiger partial charge in [0.15, 0.2) is 0 Å². The van der Waals surface area contributed by atoms with Crippen LogP contribution in [0, 0.1) is 13.8 Å². The van der Waals surface area contributed by atoms with Gasteiger partial charge in [0.05, 0.1) is 9.35 Å². The highest BCUT2D eigenvalue weighted by Gasteiger charge is 2.09. The van der Waals surface area contributed by atoms with E-state index in [2.05, 4.69) is 38.1 Å². The van der Waals surface area contributed by atoms with Crippen LogP contribution in [-0.2, 0) is 0 Å². The van der Waals surface area contributed by atoms with Crippen LogP contribution in [0.3, 0.4) is 0 Å². The number of hydrogen-bond acceptors (Lipinski definition) is 0. The Morgan fingerprint density at radius 3 is 1.12 bits per heavy atom. The average Bonchev–Trinajstić information content (AvgIpc) is 2.21. The Labute approximate surface area is 117 Å². The summed E-state index contributed by atoms with van der Waals surface area (Å²) < 4.78 is 4.07. The third-order valence-electron chi connectivity index (χ3n) is 2.23. The SMILES string of the molecule is Cc1cc[n+](-[n+]2ccc(C)cc2)cc1.[Br-].[Br-]. The Balaban J connectivity index is 0.00000112. The van der Waals surface area contributed by atoms with Crippen LogP contribution in [0.4, 0.5) is 0 Å². The summed E-state index contributed by atoms with van der Waals surface area (Å²) >= 11 is 0. The van der Waals surface area contributed by atoms with E-state index in [-0.39, 0.29) is 34.0 Å². The summed E-state index contributed by atoms with van der Waals surface area (Å²) in [7, 11) is 0. The number of halogens is 2. The van der Waals surface area contributed by atoms with Gasteiger partial charge in [-0.1, -0.05) is 0 Å². The molecule has 0 saturated heterocycles. The minimum atomic E-state index is 0. The topological polar surface area (TPSA) is 7.76 Å². The van der Waals surface area contributed by atoms with E-state index in [1.54, 1.807) is 0 Å². The first-order valence-electron chi connectivity index (χ1n) is 4.72. The van der Waals surface area contributed by atoms with E-state index in [0.717, 1.165) is 0 Å². The quantitative estimate of drug-likeness (QED) is 0.458. The summed E-state index contributed by atoms with van der Waals surface area (Å²) in [5, 5.41) is 0. The molecular formula is C12H14Br2N2. The summed E-state index contributed by atoms with van der Waals surface area (Å²) in [6, 6.07) is 8.36. The molecule has 4 heteroatoms. The average molecular weight is 346 g/mol. The van der Waals surface area contributed by atoms with Gasteiger partial charge in [0, 0.05) is 24.3 Å². The van der Waals surface area contributed by atoms with Crippen molar-refractivity contribution in [1.82, 2.24) is 0 Å². The van der Waals surface area contributed by atoms with Crippen LogP contribution >= 0.6 is 0 Å². The number of aromatic nitrogens is 2. The van der Waals surface area contributed by atoms with Crippen LogP contribution in [0.15, 0.2) is 49.1 Å². The normalized spacial score (nSPS) is 8.88. The summed E-state index contributed by atoms with van der Waals surface area (Å²) in [6.45, 7) is 4.17. The van der Waals surface area contributed by atoms with Crippen LogP contribution in [0.1, 0.15) is 11.1 Å². The fourth-order valence-corrected chi connectivity index (χ4v) is 1.29. The molecule has 2 rings (SSSR count). The van der Waals surface area contributed by atoms with Crippen LogP contribution in [-0.4, -0.2) is 0 Å². The second kappa shape index (κ2) is 6.76. The molecule has 0 aromatic carbocycles. The minimum absolute atomic E-state index is 0. The number of aryl methyl sites for hydroxylation is 2. The summed E-state index contributed by atoms with van der Waals surface area (Å²) in [5.74, 6) is 0. The monoisotopic (exact) mass is 344 g/mol. The van der Waals surface area contributed by atoms with Crippen LogP contribution in [0.25, 0.3) is 0 Å². The molecular weight excluding hydrogens is 332 g/mol. The highest BCUT2D eigenvalue weighted by Crippen LogP contribution is 1.90. The standard InChI is InChI=1S/C12H14N2.2BrH/c1-11-3-7-13(8-4-11)14-9-5-12(2)6-10-14;;/h3-10H,1-2H3;2*1H/q+2;;/p-2. The molecule has 0 amide bonds. The number of nitrogens with zero attached hydrogens (tertiary/aromatic N) is 2. The molecule has 0 radical (unpaired) electrons. The van der Waals surface area contributed by atoms with E-state index in [9.17, 15) is 0 Å². The van der Waals surface area contributed by atoms with Crippen molar-refractivity contribution in [2.24, 2.45) is 0 Å². The molecule has 0 unspecified atom stereocenters. The van der Waals surface area contributed by atoms with Gasteiger partial charge < -0.3 is 34.0 Å². The van der Waals surface area contributed by atoms with E-state index in [1.807, 2.05) is 34.1 Å². The second-order valence-electron chi connectivity index (χ2n) is 3.51. The lowest BCUT2D eigenvalue weighted by atomic mass is 10.3. The smallest absolute Gasteiger partial charge is 0.242 e. The third kappa shape index (κ3) is 3.68. The Morgan fingerprint density at radius 1 is 0.625 bits per heavy atom. The van der Waals surface area contributed by atoms with Gasteiger partial charge >= 0.3 is 0 Å². The first-order chi connectivity index (χ1) is 6.75. The van der Waals surface area contributed by atoms with E-state index in [4.69, 9.17) is 0 Å². The second-order valence-corrected chi connectivity index (χ2v) is 3.51. The molecule has 2 nitrogen and oxygen atoms in total. The van der Waals surface area contributed by atoms with Crippen LogP contribution < -0.4 is 43.3 Å². The van der Waals surface area contributed by atoms with Gasteiger partial charge in [-0.05, 0) is 25.0 Å². The number of rotatable bonds is 1. The molecule has 16 heavy (non-hydrogen) atoms. The van der Waals surface area contributed by atoms with E-state index >= 15 is 0 Å². The maximum atomic E-state index is 2.09. The first-order valence-corrected chi connectivity index (χ1v) is 4.72. The van der Waals surface area contributed by atoms with Crippen molar-refractivity contribution >= 4 is 0 Å². The number of pyridine rings is 2. The van der Waals surface area contributed by atoms with Crippen LogP contribution in [0.5, 0.6) is 0 Å². The molecule has 86 valence electrons.